The zero-order chi connectivity index (χ0) is 99.1. The van der Waals surface area contributed by atoms with E-state index in [1.807, 2.05) is 407 Å². The Morgan fingerprint density at radius 3 is 0.807 bits per heavy atom. The molecule has 9 aromatic heterocycles. The molecule has 0 aliphatic heterocycles. The topological polar surface area (TPSA) is 116 Å². The number of nitrogens with zero attached hydrogens (tertiary/aromatic N) is 9. The number of pyridine rings is 9. The van der Waals surface area contributed by atoms with Gasteiger partial charge in [-0.1, -0.05) is 254 Å². The molecule has 0 atom stereocenters. The molecule has 0 amide bonds. The molecule has 0 spiro atoms. The average Bonchev–Trinajstić information content (AvgIpc) is 0.818. The number of aromatic nitrogens is 9. The van der Waals surface area contributed by atoms with Crippen LogP contribution in [0.5, 0.6) is 0 Å². The first-order chi connectivity index (χ1) is 71.7. The van der Waals surface area contributed by atoms with Crippen molar-refractivity contribution in [2.24, 2.45) is 0 Å². The molecular weight excluding hydrogens is 2720 g/mol. The van der Waals surface area contributed by atoms with E-state index in [0.29, 0.717) is 0 Å². The molecular formula is C136H100Ir5N9-9. The summed E-state index contributed by atoms with van der Waals surface area (Å²) in [5.41, 5.74) is 33.6. The summed E-state index contributed by atoms with van der Waals surface area (Å²) in [7, 11) is 0. The molecule has 0 saturated carbocycles. The summed E-state index contributed by atoms with van der Waals surface area (Å²) in [6, 6.07) is 194. The van der Waals surface area contributed by atoms with E-state index < -0.39 is 0 Å². The van der Waals surface area contributed by atoms with Gasteiger partial charge in [0, 0.05) is 167 Å². The Kier molecular flexibility index (Phi) is 48.1. The second kappa shape index (κ2) is 63.0. The molecule has 743 valence electrons. The summed E-state index contributed by atoms with van der Waals surface area (Å²) in [5, 5.41) is 2.39. The largest absolute Gasteiger partial charge is 0.305 e. The van der Waals surface area contributed by atoms with Crippen molar-refractivity contribution >= 4 is 10.8 Å². The number of fused-ring (bicyclic) bond motifs is 1. The van der Waals surface area contributed by atoms with E-state index in [4.69, 9.17) is 0 Å². The molecule has 14 heteroatoms. The van der Waals surface area contributed by atoms with Gasteiger partial charge in [0.15, 0.2) is 0 Å². The fourth-order valence-corrected chi connectivity index (χ4v) is 15.4. The fraction of sp³-hybridized carbons (Fsp3) is 0.0221. The number of hydrogen-bond donors (Lipinski definition) is 0. The van der Waals surface area contributed by atoms with Crippen LogP contribution in [0.4, 0.5) is 0 Å². The zero-order valence-electron chi connectivity index (χ0n) is 82.2. The van der Waals surface area contributed by atoms with Crippen molar-refractivity contribution in [3.8, 4) is 157 Å². The molecule has 0 unspecified atom stereocenters. The van der Waals surface area contributed by atoms with Crippen molar-refractivity contribution in [1.82, 2.24) is 44.9 Å². The van der Waals surface area contributed by atoms with Crippen LogP contribution in [0.25, 0.3) is 168 Å². The summed E-state index contributed by atoms with van der Waals surface area (Å²) in [5.74, 6) is 0. The third-order valence-electron chi connectivity index (χ3n) is 22.8. The van der Waals surface area contributed by atoms with Gasteiger partial charge in [-0.3, -0.25) is 0 Å². The van der Waals surface area contributed by atoms with Gasteiger partial charge in [-0.05, 0) is 169 Å². The molecule has 24 aromatic rings. The number of benzene rings is 15. The first-order valence-corrected chi connectivity index (χ1v) is 47.6. The van der Waals surface area contributed by atoms with Crippen LogP contribution >= 0.6 is 0 Å². The van der Waals surface area contributed by atoms with Gasteiger partial charge < -0.3 is 44.9 Å². The van der Waals surface area contributed by atoms with Crippen LogP contribution < -0.4 is 0 Å². The van der Waals surface area contributed by atoms with Crippen LogP contribution in [0.2, 0.25) is 0 Å². The van der Waals surface area contributed by atoms with Crippen molar-refractivity contribution in [2.45, 2.75) is 20.8 Å². The maximum atomic E-state index is 4.58. The van der Waals surface area contributed by atoms with E-state index in [2.05, 4.69) is 242 Å². The van der Waals surface area contributed by atoms with Crippen molar-refractivity contribution < 1.29 is 101 Å². The van der Waals surface area contributed by atoms with Gasteiger partial charge in [0.25, 0.3) is 0 Å². The summed E-state index contributed by atoms with van der Waals surface area (Å²) < 4.78 is 0. The quantitative estimate of drug-likeness (QED) is 0.0981. The third kappa shape index (κ3) is 34.9. The molecule has 9 heterocycles. The first kappa shape index (κ1) is 114. The SMILES string of the molecule is Cc1cc(-c2[c-]cccc2)ncc1-c1ccccc1.Cc1ccc(-c2cnc(-c3[c-]cccc3)cc2C)cc1.[Ir].[Ir].[Ir].[Ir].[Ir].[c-]1ccc(-c2ccccc2)cc1-c1ccccn1.[c-]1ccccc1-c1cc(-c2ccccc2)ccn1.[c-]1ccccc1-c1ccc(-c2ccccc2)cn1.[c-]1ccccc1-c1ccccn1.[c-]1ccccc1-c1ccccn1.[c-]1ccccc1-c1ccccn1.[c-]1ccccc1-c1nccc2ccccc12. The number of hydrogen-bond acceptors (Lipinski definition) is 9. The molecule has 0 aliphatic carbocycles. The molecule has 5 radical (unpaired) electrons. The van der Waals surface area contributed by atoms with Crippen LogP contribution in [-0.4, -0.2) is 44.9 Å². The minimum absolute atomic E-state index is 0. The summed E-state index contributed by atoms with van der Waals surface area (Å²) in [6.45, 7) is 6.35. The molecule has 24 rings (SSSR count). The third-order valence-corrected chi connectivity index (χ3v) is 22.8. The molecule has 150 heavy (non-hydrogen) atoms. The number of rotatable bonds is 14. The Labute approximate surface area is 949 Å². The molecule has 0 aliphatic rings. The monoisotopic (exact) mass is 2820 g/mol. The molecule has 0 N–H and O–H groups in total. The summed E-state index contributed by atoms with van der Waals surface area (Å²) in [4.78, 5) is 39.5. The standard InChI is InChI=1S/C19H16N.C18H14N.3C17H12N.C15H10N.3C11H8N.5Ir/c1-14-8-10-16(11-9-14)18-13-20-19(12-15(18)2)17-6-4-3-5-7-17;1-14-12-18(16-10-6-3-7-11-16)19-13-17(14)15-8-4-2-5-9-15;1-3-7-14(8-4-1)16-11-12-18-17(13-16)15-9-5-2-6-10-15;1-3-7-14(8-4-1)16-11-12-17(18-13-16)15-9-5-2-6-10-15;1-2-7-14(8-3-1)15-9-6-10-16(13-15)17-11-4-5-12-18-17;1-2-7-13(8-3-1)15-14-9-5-4-6-12(14)10-11-16-15;3*1-2-6-10(7-3-1)11-8-4-5-9-12-11;;;;;/h3-6,8-13H,1-2H3;2-10,12-13H,1H3;3*1-9,11-13H;1-7,9-11H;3*1-6,8-9H;;;;;/q9*-1;;;;;. The van der Waals surface area contributed by atoms with Gasteiger partial charge in [-0.15, -0.1) is 323 Å². The molecule has 0 fully saturated rings. The molecule has 0 saturated heterocycles. The Morgan fingerprint density at radius 2 is 0.447 bits per heavy atom. The Hall–Kier alpha value is -15.8. The van der Waals surface area contributed by atoms with Crippen molar-refractivity contribution in [3.05, 3.63) is 625 Å². The zero-order valence-corrected chi connectivity index (χ0v) is 94.2. The Morgan fingerprint density at radius 1 is 0.160 bits per heavy atom. The number of aryl methyl sites for hydroxylation is 3. The van der Waals surface area contributed by atoms with Crippen molar-refractivity contribution in [1.29, 1.82) is 0 Å². The predicted octanol–water partition coefficient (Wildman–Crippen LogP) is 33.3. The van der Waals surface area contributed by atoms with Crippen LogP contribution in [0.1, 0.15) is 16.7 Å². The summed E-state index contributed by atoms with van der Waals surface area (Å²) in [6.07, 6.45) is 16.7. The van der Waals surface area contributed by atoms with Crippen LogP contribution in [-0.2, 0) is 101 Å². The van der Waals surface area contributed by atoms with E-state index in [1.54, 1.807) is 24.8 Å². The van der Waals surface area contributed by atoms with Crippen LogP contribution in [0.3, 0.4) is 0 Å². The maximum Gasteiger partial charge on any atom is 0.0242 e. The van der Waals surface area contributed by atoms with Crippen molar-refractivity contribution in [2.75, 3.05) is 0 Å². The van der Waals surface area contributed by atoms with E-state index in [9.17, 15) is 0 Å². The van der Waals surface area contributed by atoms with Crippen molar-refractivity contribution in [3.63, 3.8) is 0 Å². The average molecular weight is 2820 g/mol. The normalized spacial score (nSPS) is 9.83. The molecule has 15 aromatic carbocycles. The van der Waals surface area contributed by atoms with E-state index in [1.165, 1.54) is 77.5 Å². The predicted molar refractivity (Wildman–Crippen MR) is 595 cm³/mol. The fourth-order valence-electron chi connectivity index (χ4n) is 15.4. The second-order valence-corrected chi connectivity index (χ2v) is 32.9. The van der Waals surface area contributed by atoms with E-state index in [-0.39, 0.29) is 101 Å². The van der Waals surface area contributed by atoms with Crippen LogP contribution in [0, 0.1) is 75.4 Å². The van der Waals surface area contributed by atoms with Gasteiger partial charge in [-0.25, -0.2) is 0 Å². The van der Waals surface area contributed by atoms with E-state index in [0.717, 1.165) is 107 Å². The smallest absolute Gasteiger partial charge is 0.0242 e. The Bertz CT molecular complexity index is 7320. The van der Waals surface area contributed by atoms with Gasteiger partial charge in [-0.2, -0.15) is 0 Å². The van der Waals surface area contributed by atoms with Gasteiger partial charge in [0.05, 0.1) is 0 Å². The van der Waals surface area contributed by atoms with Gasteiger partial charge in [0.1, 0.15) is 0 Å². The minimum atomic E-state index is 0. The Balaban J connectivity index is 0.000000160. The molecule has 9 nitrogen and oxygen atoms in total. The minimum Gasteiger partial charge on any atom is -0.305 e. The van der Waals surface area contributed by atoms with Gasteiger partial charge >= 0.3 is 0 Å². The van der Waals surface area contributed by atoms with E-state index >= 15 is 0 Å². The van der Waals surface area contributed by atoms with Gasteiger partial charge in [0.2, 0.25) is 0 Å². The molecule has 0 bridgehead atoms. The van der Waals surface area contributed by atoms with Crippen LogP contribution in [0.15, 0.2) is 553 Å². The first-order valence-electron chi connectivity index (χ1n) is 47.6. The second-order valence-electron chi connectivity index (χ2n) is 32.9. The maximum absolute atomic E-state index is 4.58. The summed E-state index contributed by atoms with van der Waals surface area (Å²) >= 11 is 0.